The fourth-order valence-electron chi connectivity index (χ4n) is 5.48. The fraction of sp³-hybridized carbons (Fsp3) is 1.00. The van der Waals surface area contributed by atoms with Crippen molar-refractivity contribution in [2.45, 2.75) is 55.0 Å². The minimum absolute atomic E-state index is 0.0832. The van der Waals surface area contributed by atoms with Crippen LogP contribution in [0.1, 0.15) is 32.1 Å². The highest BCUT2D eigenvalue weighted by Crippen LogP contribution is 2.63. The molecule has 0 aromatic heterocycles. The normalized spacial score (nSPS) is 44.8. The van der Waals surface area contributed by atoms with Gasteiger partial charge in [-0.3, -0.25) is 4.55 Å². The SMILES string of the molecule is O=S(=O)(O)C(F)(C(F)C(F)CF)C1C2CC3CC(C2)CC1(O)C3. The second-order valence-corrected chi connectivity index (χ2v) is 9.01. The molecule has 23 heavy (non-hydrogen) atoms. The van der Waals surface area contributed by atoms with E-state index in [9.17, 15) is 31.2 Å². The maximum absolute atomic E-state index is 15.3. The van der Waals surface area contributed by atoms with Gasteiger partial charge in [0.1, 0.15) is 6.67 Å². The van der Waals surface area contributed by atoms with E-state index < -0.39 is 51.6 Å². The van der Waals surface area contributed by atoms with Crippen molar-refractivity contribution in [3.8, 4) is 0 Å². The van der Waals surface area contributed by atoms with Crippen molar-refractivity contribution in [1.29, 1.82) is 0 Å². The van der Waals surface area contributed by atoms with Crippen molar-refractivity contribution in [2.75, 3.05) is 6.67 Å². The van der Waals surface area contributed by atoms with Crippen LogP contribution in [-0.4, -0.2) is 47.7 Å². The smallest absolute Gasteiger partial charge is 0.304 e. The van der Waals surface area contributed by atoms with Crippen LogP contribution in [0, 0.1) is 23.7 Å². The second-order valence-electron chi connectivity index (χ2n) is 7.43. The van der Waals surface area contributed by atoms with Crippen LogP contribution in [0.15, 0.2) is 0 Å². The Kier molecular flexibility index (Phi) is 4.01. The molecule has 4 saturated carbocycles. The molecule has 134 valence electrons. The van der Waals surface area contributed by atoms with Gasteiger partial charge in [-0.05, 0) is 49.9 Å². The zero-order valence-electron chi connectivity index (χ0n) is 12.3. The molecule has 4 fully saturated rings. The summed E-state index contributed by atoms with van der Waals surface area (Å²) < 4.78 is 88.1. The molecule has 4 aliphatic rings. The van der Waals surface area contributed by atoms with Crippen molar-refractivity contribution in [1.82, 2.24) is 0 Å². The maximum atomic E-state index is 15.3. The van der Waals surface area contributed by atoms with Crippen LogP contribution in [0.3, 0.4) is 0 Å². The Balaban J connectivity index is 2.07. The lowest BCUT2D eigenvalue weighted by atomic mass is 9.48. The first kappa shape index (κ1) is 17.4. The summed E-state index contributed by atoms with van der Waals surface area (Å²) in [6, 6.07) is 0. The minimum atomic E-state index is -5.71. The van der Waals surface area contributed by atoms with Crippen LogP contribution in [0.5, 0.6) is 0 Å². The summed E-state index contributed by atoms with van der Waals surface area (Å²) in [5.41, 5.74) is -1.82. The van der Waals surface area contributed by atoms with Crippen LogP contribution in [0.25, 0.3) is 0 Å². The van der Waals surface area contributed by atoms with Crippen LogP contribution < -0.4 is 0 Å². The Morgan fingerprint density at radius 3 is 2.09 bits per heavy atom. The number of hydrogen-bond acceptors (Lipinski definition) is 3. The van der Waals surface area contributed by atoms with Gasteiger partial charge in [0.25, 0.3) is 5.00 Å². The second kappa shape index (κ2) is 5.29. The van der Waals surface area contributed by atoms with Gasteiger partial charge in [0, 0.05) is 5.92 Å². The Labute approximate surface area is 132 Å². The molecule has 0 aliphatic heterocycles. The molecule has 0 saturated heterocycles. The minimum Gasteiger partial charge on any atom is -0.389 e. The zero-order valence-corrected chi connectivity index (χ0v) is 13.2. The predicted molar refractivity (Wildman–Crippen MR) is 73.1 cm³/mol. The van der Waals surface area contributed by atoms with Gasteiger partial charge in [0.05, 0.1) is 5.60 Å². The van der Waals surface area contributed by atoms with Gasteiger partial charge >= 0.3 is 10.1 Å². The van der Waals surface area contributed by atoms with E-state index in [-0.39, 0.29) is 24.7 Å². The lowest BCUT2D eigenvalue weighted by Crippen LogP contribution is -2.68. The molecule has 0 aromatic rings. The molecular weight excluding hydrogens is 340 g/mol. The molecule has 4 aliphatic carbocycles. The highest BCUT2D eigenvalue weighted by molar-refractivity contribution is 7.87. The average molecular weight is 360 g/mol. The molecule has 6 unspecified atom stereocenters. The van der Waals surface area contributed by atoms with Gasteiger partial charge in [-0.1, -0.05) is 0 Å². The van der Waals surface area contributed by atoms with Crippen molar-refractivity contribution < 1.29 is 35.6 Å². The first-order valence-corrected chi connectivity index (χ1v) is 9.19. The van der Waals surface area contributed by atoms with Crippen LogP contribution in [-0.2, 0) is 10.1 Å². The number of rotatable bonds is 5. The summed E-state index contributed by atoms with van der Waals surface area (Å²) in [4.78, 5) is 0. The Morgan fingerprint density at radius 2 is 1.70 bits per heavy atom. The standard InChI is InChI=1S/C14H20F4O4S/c15-6-10(16)12(17)14(18,23(20,21)22)11-9-2-7-1-8(3-9)5-13(11,19)4-7/h7-12,19H,1-6H2,(H,20,21,22). The molecule has 2 N–H and O–H groups in total. The first-order valence-electron chi connectivity index (χ1n) is 7.75. The predicted octanol–water partition coefficient (Wildman–Crippen LogP) is 2.37. The number of hydrogen-bond donors (Lipinski definition) is 2. The summed E-state index contributed by atoms with van der Waals surface area (Å²) in [6.45, 7) is -1.91. The molecule has 4 rings (SSSR count). The van der Waals surface area contributed by atoms with Gasteiger partial charge in [-0.15, -0.1) is 0 Å². The maximum Gasteiger partial charge on any atom is 0.304 e. The first-order chi connectivity index (χ1) is 10.5. The lowest BCUT2D eigenvalue weighted by Gasteiger charge is -2.61. The summed E-state index contributed by atoms with van der Waals surface area (Å²) >= 11 is 0. The Hall–Kier alpha value is -0.410. The van der Waals surface area contributed by atoms with Crippen LogP contribution in [0.4, 0.5) is 17.6 Å². The fourth-order valence-corrected chi connectivity index (χ4v) is 6.65. The van der Waals surface area contributed by atoms with Crippen LogP contribution >= 0.6 is 0 Å². The molecule has 0 spiro atoms. The summed E-state index contributed by atoms with van der Waals surface area (Å²) in [5, 5.41) is 6.72. The van der Waals surface area contributed by atoms with E-state index in [1.807, 2.05) is 0 Å². The number of aliphatic hydroxyl groups is 1. The molecule has 0 radical (unpaired) electrons. The van der Waals surface area contributed by atoms with Gasteiger partial charge in [-0.2, -0.15) is 8.42 Å². The molecule has 0 aromatic carbocycles. The highest BCUT2D eigenvalue weighted by atomic mass is 32.2. The molecular formula is C14H20F4O4S. The number of alkyl halides is 4. The third-order valence-electron chi connectivity index (χ3n) is 5.93. The molecule has 4 bridgehead atoms. The van der Waals surface area contributed by atoms with E-state index in [4.69, 9.17) is 0 Å². The van der Waals surface area contributed by atoms with Crippen molar-refractivity contribution in [3.05, 3.63) is 0 Å². The van der Waals surface area contributed by atoms with Crippen molar-refractivity contribution in [3.63, 3.8) is 0 Å². The number of halogens is 4. The largest absolute Gasteiger partial charge is 0.389 e. The molecule has 4 nitrogen and oxygen atoms in total. The summed E-state index contributed by atoms with van der Waals surface area (Å²) in [7, 11) is -5.71. The van der Waals surface area contributed by atoms with Crippen LogP contribution in [0.2, 0.25) is 0 Å². The summed E-state index contributed by atoms with van der Waals surface area (Å²) in [6.07, 6.45) is -4.62. The van der Waals surface area contributed by atoms with Gasteiger partial charge in [0.15, 0.2) is 12.3 Å². The van der Waals surface area contributed by atoms with E-state index in [0.29, 0.717) is 12.8 Å². The third-order valence-corrected chi connectivity index (χ3v) is 7.20. The Morgan fingerprint density at radius 1 is 1.17 bits per heavy atom. The van der Waals surface area contributed by atoms with Crippen molar-refractivity contribution in [2.24, 2.45) is 23.7 Å². The molecule has 9 heteroatoms. The van der Waals surface area contributed by atoms with E-state index in [1.165, 1.54) is 0 Å². The Bertz CT molecular complexity index is 571. The van der Waals surface area contributed by atoms with E-state index in [2.05, 4.69) is 0 Å². The van der Waals surface area contributed by atoms with Gasteiger partial charge in [0.2, 0.25) is 0 Å². The van der Waals surface area contributed by atoms with E-state index in [0.717, 1.165) is 6.42 Å². The summed E-state index contributed by atoms with van der Waals surface area (Å²) in [5.74, 6) is -2.31. The molecule has 0 heterocycles. The van der Waals surface area contributed by atoms with E-state index >= 15 is 4.39 Å². The topological polar surface area (TPSA) is 74.6 Å². The van der Waals surface area contributed by atoms with Gasteiger partial charge < -0.3 is 5.11 Å². The molecule has 0 amide bonds. The third kappa shape index (κ3) is 2.41. The lowest BCUT2D eigenvalue weighted by molar-refractivity contribution is -0.210. The highest BCUT2D eigenvalue weighted by Gasteiger charge is 2.71. The zero-order chi connectivity index (χ0) is 17.2. The van der Waals surface area contributed by atoms with E-state index in [1.54, 1.807) is 0 Å². The van der Waals surface area contributed by atoms with Gasteiger partial charge in [-0.25, -0.2) is 17.6 Å². The quantitative estimate of drug-likeness (QED) is 0.583. The molecule has 6 atom stereocenters. The van der Waals surface area contributed by atoms with Crippen molar-refractivity contribution >= 4 is 10.1 Å². The monoisotopic (exact) mass is 360 g/mol. The average Bonchev–Trinajstić information content (AvgIpc) is 2.41.